The second-order valence-corrected chi connectivity index (χ2v) is 7.78. The van der Waals surface area contributed by atoms with Crippen molar-refractivity contribution in [1.82, 2.24) is 14.9 Å². The van der Waals surface area contributed by atoms with Crippen molar-refractivity contribution in [3.8, 4) is 11.1 Å². The second-order valence-electron chi connectivity index (χ2n) is 7.78. The number of likely N-dealkylation sites (N-methyl/N-ethyl adjacent to an activating group) is 1. The number of aryl methyl sites for hydroxylation is 1. The molecule has 1 N–H and O–H groups in total. The molecule has 5 nitrogen and oxygen atoms in total. The maximum absolute atomic E-state index is 12.4. The van der Waals surface area contributed by atoms with Gasteiger partial charge in [-0.25, -0.2) is 0 Å². The van der Waals surface area contributed by atoms with E-state index in [4.69, 9.17) is 0 Å². The summed E-state index contributed by atoms with van der Waals surface area (Å²) >= 11 is 0. The molecule has 1 aliphatic rings. The molecule has 0 radical (unpaired) electrons. The fourth-order valence-corrected chi connectivity index (χ4v) is 3.59. The van der Waals surface area contributed by atoms with Gasteiger partial charge in [0.15, 0.2) is 0 Å². The van der Waals surface area contributed by atoms with E-state index in [9.17, 15) is 4.79 Å². The summed E-state index contributed by atoms with van der Waals surface area (Å²) in [6.45, 7) is 3.98. The number of pyridine rings is 2. The molecule has 3 aromatic rings. The van der Waals surface area contributed by atoms with Crippen LogP contribution in [0.4, 0.5) is 5.69 Å². The molecule has 2 aromatic heterocycles. The number of carbonyl (C=O) groups excluding carboxylic acids is 1. The first-order valence-corrected chi connectivity index (χ1v) is 10.2. The summed E-state index contributed by atoms with van der Waals surface area (Å²) in [5, 5.41) is 2.94. The Labute approximate surface area is 177 Å². The normalized spacial score (nSPS) is 14.3. The molecule has 0 saturated heterocycles. The highest BCUT2D eigenvalue weighted by Gasteiger charge is 2.11. The summed E-state index contributed by atoms with van der Waals surface area (Å²) < 4.78 is 0. The van der Waals surface area contributed by atoms with Crippen molar-refractivity contribution in [3.05, 3.63) is 84.0 Å². The Morgan fingerprint density at radius 3 is 2.57 bits per heavy atom. The molecule has 0 fully saturated rings. The average molecular weight is 399 g/mol. The molecular formula is C25H26N4O. The third-order valence-corrected chi connectivity index (χ3v) is 5.34. The van der Waals surface area contributed by atoms with Crippen LogP contribution in [0.15, 0.2) is 67.0 Å². The zero-order chi connectivity index (χ0) is 20.9. The minimum Gasteiger partial charge on any atom is -0.324 e. The lowest BCUT2D eigenvalue weighted by molar-refractivity contribution is -0.115. The van der Waals surface area contributed by atoms with Crippen LogP contribution in [0.25, 0.3) is 16.7 Å². The smallest absolute Gasteiger partial charge is 0.228 e. The SMILES string of the molecule is Cc1cc(-c2ccc(CC(=O)Nc3ccc(C4=CCN(C)CC4)nc3)cc2)ccn1. The topological polar surface area (TPSA) is 58.1 Å². The van der Waals surface area contributed by atoms with Crippen molar-refractivity contribution in [2.45, 2.75) is 19.8 Å². The summed E-state index contributed by atoms with van der Waals surface area (Å²) in [7, 11) is 2.12. The molecule has 3 heterocycles. The summed E-state index contributed by atoms with van der Waals surface area (Å²) in [5.41, 5.74) is 7.20. The summed E-state index contributed by atoms with van der Waals surface area (Å²) in [6.07, 6.45) is 7.11. The van der Waals surface area contributed by atoms with Gasteiger partial charge in [-0.1, -0.05) is 30.3 Å². The van der Waals surface area contributed by atoms with E-state index >= 15 is 0 Å². The number of anilines is 1. The van der Waals surface area contributed by atoms with Crippen LogP contribution in [0.2, 0.25) is 0 Å². The van der Waals surface area contributed by atoms with Crippen molar-refractivity contribution >= 4 is 17.2 Å². The van der Waals surface area contributed by atoms with Crippen molar-refractivity contribution in [1.29, 1.82) is 0 Å². The standard InChI is InChI=1S/C25H26N4O/c1-18-15-22(9-12-26-18)20-5-3-19(4-6-20)16-25(30)28-23-7-8-24(27-17-23)21-10-13-29(2)14-11-21/h3-10,12,15,17H,11,13-14,16H2,1-2H3,(H,28,30). The van der Waals surface area contributed by atoms with Gasteiger partial charge in [0.2, 0.25) is 5.91 Å². The quantitative estimate of drug-likeness (QED) is 0.694. The third kappa shape index (κ3) is 4.99. The fraction of sp³-hybridized carbons (Fsp3) is 0.240. The number of rotatable bonds is 5. The van der Waals surface area contributed by atoms with E-state index in [1.165, 1.54) is 5.57 Å². The molecule has 1 aromatic carbocycles. The molecule has 1 aliphatic heterocycles. The number of hydrogen-bond acceptors (Lipinski definition) is 4. The molecule has 4 rings (SSSR count). The lowest BCUT2D eigenvalue weighted by Crippen LogP contribution is -2.23. The number of nitrogens with zero attached hydrogens (tertiary/aromatic N) is 3. The number of hydrogen-bond donors (Lipinski definition) is 1. The van der Waals surface area contributed by atoms with Crippen LogP contribution < -0.4 is 5.32 Å². The highest BCUT2D eigenvalue weighted by Crippen LogP contribution is 2.22. The molecule has 0 aliphatic carbocycles. The molecule has 152 valence electrons. The highest BCUT2D eigenvalue weighted by atomic mass is 16.1. The first-order chi connectivity index (χ1) is 14.6. The van der Waals surface area contributed by atoms with Gasteiger partial charge in [0.25, 0.3) is 0 Å². The summed E-state index contributed by atoms with van der Waals surface area (Å²) in [5.74, 6) is -0.0458. The predicted molar refractivity (Wildman–Crippen MR) is 121 cm³/mol. The van der Waals surface area contributed by atoms with Gasteiger partial charge in [-0.15, -0.1) is 0 Å². The average Bonchev–Trinajstić information content (AvgIpc) is 2.75. The molecule has 0 saturated carbocycles. The first kappa shape index (κ1) is 20.0. The fourth-order valence-electron chi connectivity index (χ4n) is 3.59. The second kappa shape index (κ2) is 9.01. The van der Waals surface area contributed by atoms with Gasteiger partial charge < -0.3 is 10.2 Å². The van der Waals surface area contributed by atoms with Gasteiger partial charge in [0, 0.05) is 25.0 Å². The Balaban J connectivity index is 1.35. The van der Waals surface area contributed by atoms with E-state index in [0.29, 0.717) is 6.42 Å². The van der Waals surface area contributed by atoms with Crippen LogP contribution in [-0.4, -0.2) is 40.9 Å². The molecular weight excluding hydrogens is 372 g/mol. The van der Waals surface area contributed by atoms with E-state index in [-0.39, 0.29) is 5.91 Å². The van der Waals surface area contributed by atoms with Gasteiger partial charge in [-0.3, -0.25) is 14.8 Å². The van der Waals surface area contributed by atoms with Gasteiger partial charge >= 0.3 is 0 Å². The van der Waals surface area contributed by atoms with E-state index in [1.807, 2.05) is 55.6 Å². The number of benzene rings is 1. The summed E-state index contributed by atoms with van der Waals surface area (Å²) in [4.78, 5) is 23.5. The van der Waals surface area contributed by atoms with Crippen LogP contribution in [0, 0.1) is 6.92 Å². The monoisotopic (exact) mass is 398 g/mol. The Hall–Kier alpha value is -3.31. The van der Waals surface area contributed by atoms with Crippen LogP contribution >= 0.6 is 0 Å². The van der Waals surface area contributed by atoms with E-state index in [2.05, 4.69) is 39.4 Å². The van der Waals surface area contributed by atoms with Gasteiger partial charge in [-0.05, 0) is 66.9 Å². The molecule has 0 bridgehead atoms. The number of nitrogens with one attached hydrogen (secondary N) is 1. The number of aromatic nitrogens is 2. The van der Waals surface area contributed by atoms with Crippen LogP contribution in [0.5, 0.6) is 0 Å². The molecule has 0 unspecified atom stereocenters. The zero-order valence-corrected chi connectivity index (χ0v) is 17.4. The largest absolute Gasteiger partial charge is 0.324 e. The molecule has 5 heteroatoms. The van der Waals surface area contributed by atoms with E-state index in [0.717, 1.165) is 53.3 Å². The maximum Gasteiger partial charge on any atom is 0.228 e. The van der Waals surface area contributed by atoms with Gasteiger partial charge in [0.05, 0.1) is 24.0 Å². The highest BCUT2D eigenvalue weighted by molar-refractivity contribution is 5.92. The van der Waals surface area contributed by atoms with Crippen molar-refractivity contribution < 1.29 is 4.79 Å². The molecule has 30 heavy (non-hydrogen) atoms. The Bertz CT molecular complexity index is 1060. The van der Waals surface area contributed by atoms with Gasteiger partial charge in [0.1, 0.15) is 0 Å². The number of amides is 1. The molecule has 1 amide bonds. The molecule has 0 spiro atoms. The summed E-state index contributed by atoms with van der Waals surface area (Å²) in [6, 6.07) is 16.0. The Kier molecular flexibility index (Phi) is 6.00. The van der Waals surface area contributed by atoms with Crippen LogP contribution in [0.1, 0.15) is 23.4 Å². The zero-order valence-electron chi connectivity index (χ0n) is 17.4. The van der Waals surface area contributed by atoms with E-state index < -0.39 is 0 Å². The van der Waals surface area contributed by atoms with Crippen LogP contribution in [-0.2, 0) is 11.2 Å². The minimum absolute atomic E-state index is 0.0458. The first-order valence-electron chi connectivity index (χ1n) is 10.2. The number of carbonyl (C=O) groups is 1. The Morgan fingerprint density at radius 1 is 1.07 bits per heavy atom. The maximum atomic E-state index is 12.4. The van der Waals surface area contributed by atoms with Gasteiger partial charge in [-0.2, -0.15) is 0 Å². The van der Waals surface area contributed by atoms with Crippen molar-refractivity contribution in [3.63, 3.8) is 0 Å². The molecule has 0 atom stereocenters. The minimum atomic E-state index is -0.0458. The predicted octanol–water partition coefficient (Wildman–Crippen LogP) is 4.35. The lowest BCUT2D eigenvalue weighted by Gasteiger charge is -2.21. The van der Waals surface area contributed by atoms with E-state index in [1.54, 1.807) is 6.20 Å². The Morgan fingerprint density at radius 2 is 1.90 bits per heavy atom. The van der Waals surface area contributed by atoms with Crippen molar-refractivity contribution in [2.24, 2.45) is 0 Å². The van der Waals surface area contributed by atoms with Crippen LogP contribution in [0.3, 0.4) is 0 Å². The van der Waals surface area contributed by atoms with Crippen molar-refractivity contribution in [2.75, 3.05) is 25.5 Å². The third-order valence-electron chi connectivity index (χ3n) is 5.34. The lowest BCUT2D eigenvalue weighted by atomic mass is 10.0.